The van der Waals surface area contributed by atoms with E-state index in [2.05, 4.69) is 5.32 Å². The molecule has 0 radical (unpaired) electrons. The van der Waals surface area contributed by atoms with Crippen molar-refractivity contribution in [1.29, 1.82) is 0 Å². The van der Waals surface area contributed by atoms with E-state index in [1.165, 1.54) is 0 Å². The number of halogens is 1. The number of benzene rings is 2. The van der Waals surface area contributed by atoms with E-state index in [9.17, 15) is 9.59 Å². The van der Waals surface area contributed by atoms with Crippen LogP contribution in [0.2, 0.25) is 5.02 Å². The minimum atomic E-state index is -0.649. The summed E-state index contributed by atoms with van der Waals surface area (Å²) in [7, 11) is 0. The van der Waals surface area contributed by atoms with Crippen molar-refractivity contribution in [3.63, 3.8) is 0 Å². The van der Waals surface area contributed by atoms with Crippen molar-refractivity contribution in [2.24, 2.45) is 0 Å². The van der Waals surface area contributed by atoms with E-state index in [-0.39, 0.29) is 11.6 Å². The van der Waals surface area contributed by atoms with Gasteiger partial charge in [-0.1, -0.05) is 41.9 Å². The maximum Gasteiger partial charge on any atom is 0.349 e. The summed E-state index contributed by atoms with van der Waals surface area (Å²) in [4.78, 5) is 24.4. The number of para-hydroxylation sites is 1. The van der Waals surface area contributed by atoms with Crippen LogP contribution in [-0.4, -0.2) is 5.91 Å². The molecule has 0 aliphatic carbocycles. The summed E-state index contributed by atoms with van der Waals surface area (Å²) in [6, 6.07) is 15.5. The number of hydrogen-bond acceptors (Lipinski definition) is 3. The van der Waals surface area contributed by atoms with Crippen LogP contribution in [-0.2, 0) is 0 Å². The summed E-state index contributed by atoms with van der Waals surface area (Å²) >= 11 is 5.85. The Labute approximate surface area is 137 Å². The van der Waals surface area contributed by atoms with Crippen molar-refractivity contribution < 1.29 is 9.21 Å². The van der Waals surface area contributed by atoms with Gasteiger partial charge in [0.1, 0.15) is 11.1 Å². The number of carbonyl (C=O) groups excluding carboxylic acids is 1. The first-order chi connectivity index (χ1) is 11.0. The average Bonchev–Trinajstić information content (AvgIpc) is 2.54. The normalized spacial score (nSPS) is 12.1. The van der Waals surface area contributed by atoms with Crippen molar-refractivity contribution in [2.75, 3.05) is 0 Å². The predicted molar refractivity (Wildman–Crippen MR) is 89.8 cm³/mol. The van der Waals surface area contributed by atoms with E-state index in [4.69, 9.17) is 16.0 Å². The summed E-state index contributed by atoms with van der Waals surface area (Å²) in [5.41, 5.74) is 0.696. The fourth-order valence-corrected chi connectivity index (χ4v) is 2.46. The molecule has 0 aliphatic heterocycles. The molecule has 0 unspecified atom stereocenters. The highest BCUT2D eigenvalue weighted by Crippen LogP contribution is 2.17. The van der Waals surface area contributed by atoms with Crippen molar-refractivity contribution in [1.82, 2.24) is 5.32 Å². The van der Waals surface area contributed by atoms with Gasteiger partial charge >= 0.3 is 5.63 Å². The summed E-state index contributed by atoms with van der Waals surface area (Å²) in [6.07, 6.45) is 0. The van der Waals surface area contributed by atoms with E-state index >= 15 is 0 Å². The third-order valence-corrected chi connectivity index (χ3v) is 3.86. The van der Waals surface area contributed by atoms with Gasteiger partial charge in [0.05, 0.1) is 6.04 Å². The Morgan fingerprint density at radius 2 is 1.83 bits per heavy atom. The molecule has 3 rings (SSSR count). The maximum absolute atomic E-state index is 12.4. The van der Waals surface area contributed by atoms with Crippen LogP contribution in [0.25, 0.3) is 11.0 Å². The van der Waals surface area contributed by atoms with Crippen LogP contribution in [0.1, 0.15) is 28.9 Å². The van der Waals surface area contributed by atoms with Gasteiger partial charge in [0.2, 0.25) is 0 Å². The lowest BCUT2D eigenvalue weighted by molar-refractivity contribution is 0.0936. The zero-order chi connectivity index (χ0) is 16.4. The number of fused-ring (bicyclic) bond motifs is 1. The van der Waals surface area contributed by atoms with Gasteiger partial charge in [-0.25, -0.2) is 4.79 Å². The van der Waals surface area contributed by atoms with Crippen molar-refractivity contribution in [2.45, 2.75) is 13.0 Å². The van der Waals surface area contributed by atoms with Gasteiger partial charge in [-0.3, -0.25) is 4.79 Å². The molecule has 0 spiro atoms. The smallest absolute Gasteiger partial charge is 0.349 e. The quantitative estimate of drug-likeness (QED) is 0.741. The third-order valence-electron chi connectivity index (χ3n) is 3.60. The number of nitrogens with one attached hydrogen (secondary N) is 1. The van der Waals surface area contributed by atoms with Crippen LogP contribution >= 0.6 is 11.6 Å². The Morgan fingerprint density at radius 3 is 2.57 bits per heavy atom. The van der Waals surface area contributed by atoms with Gasteiger partial charge in [0.15, 0.2) is 0 Å². The molecule has 1 amide bonds. The lowest BCUT2D eigenvalue weighted by Gasteiger charge is -2.14. The third kappa shape index (κ3) is 3.27. The number of carbonyl (C=O) groups is 1. The fourth-order valence-electron chi connectivity index (χ4n) is 2.33. The Kier molecular flexibility index (Phi) is 4.17. The summed E-state index contributed by atoms with van der Waals surface area (Å²) in [6.45, 7) is 1.84. The van der Waals surface area contributed by atoms with E-state index in [0.29, 0.717) is 16.0 Å². The SMILES string of the molecule is C[C@@H](NC(=O)c1cc2ccccc2oc1=O)c1ccc(Cl)cc1. The molecule has 4 nitrogen and oxygen atoms in total. The molecule has 1 aromatic heterocycles. The van der Waals surface area contributed by atoms with Gasteiger partial charge in [-0.2, -0.15) is 0 Å². The number of rotatable bonds is 3. The second-order valence-electron chi connectivity index (χ2n) is 5.23. The van der Waals surface area contributed by atoms with E-state index in [1.807, 2.05) is 25.1 Å². The Hall–Kier alpha value is -2.59. The molecule has 1 heterocycles. The Balaban J connectivity index is 1.87. The summed E-state index contributed by atoms with van der Waals surface area (Å²) in [5.74, 6) is -0.466. The fraction of sp³-hybridized carbons (Fsp3) is 0.111. The first-order valence-corrected chi connectivity index (χ1v) is 7.51. The van der Waals surface area contributed by atoms with Gasteiger partial charge in [0.25, 0.3) is 5.91 Å². The Morgan fingerprint density at radius 1 is 1.13 bits per heavy atom. The molecule has 5 heteroatoms. The minimum absolute atomic E-state index is 0.00971. The highest BCUT2D eigenvalue weighted by atomic mass is 35.5. The van der Waals surface area contributed by atoms with Crippen molar-refractivity contribution in [3.05, 3.63) is 81.2 Å². The van der Waals surface area contributed by atoms with Gasteiger partial charge in [-0.15, -0.1) is 0 Å². The Bertz CT molecular complexity index is 915. The monoisotopic (exact) mass is 327 g/mol. The van der Waals surface area contributed by atoms with Gasteiger partial charge < -0.3 is 9.73 Å². The molecule has 2 aromatic carbocycles. The molecule has 0 saturated heterocycles. The standard InChI is InChI=1S/C18H14ClNO3/c1-11(12-6-8-14(19)9-7-12)20-17(21)15-10-13-4-2-3-5-16(13)23-18(15)22/h2-11H,1H3,(H,20,21)/t11-/m1/s1. The second-order valence-corrected chi connectivity index (χ2v) is 5.67. The van der Waals surface area contributed by atoms with Gasteiger partial charge in [0, 0.05) is 10.4 Å². The molecule has 3 aromatic rings. The zero-order valence-electron chi connectivity index (χ0n) is 12.4. The molecule has 23 heavy (non-hydrogen) atoms. The van der Waals surface area contributed by atoms with Crippen LogP contribution < -0.4 is 10.9 Å². The van der Waals surface area contributed by atoms with Crippen LogP contribution in [0.4, 0.5) is 0 Å². The highest BCUT2D eigenvalue weighted by molar-refractivity contribution is 6.30. The number of hydrogen-bond donors (Lipinski definition) is 1. The molecular formula is C18H14ClNO3. The molecular weight excluding hydrogens is 314 g/mol. The van der Waals surface area contributed by atoms with E-state index in [0.717, 1.165) is 5.56 Å². The molecule has 1 N–H and O–H groups in total. The highest BCUT2D eigenvalue weighted by Gasteiger charge is 2.16. The van der Waals surface area contributed by atoms with Crippen LogP contribution in [0.3, 0.4) is 0 Å². The first-order valence-electron chi connectivity index (χ1n) is 7.14. The van der Waals surface area contributed by atoms with Crippen molar-refractivity contribution in [3.8, 4) is 0 Å². The molecule has 0 aliphatic rings. The first kappa shape index (κ1) is 15.3. The van der Waals surface area contributed by atoms with Crippen molar-refractivity contribution >= 4 is 28.5 Å². The summed E-state index contributed by atoms with van der Waals surface area (Å²) in [5, 5.41) is 4.13. The number of amides is 1. The van der Waals surface area contributed by atoms with Gasteiger partial charge in [-0.05, 0) is 36.8 Å². The predicted octanol–water partition coefficient (Wildman–Crippen LogP) is 3.94. The van der Waals surface area contributed by atoms with Crippen LogP contribution in [0, 0.1) is 0 Å². The lowest BCUT2D eigenvalue weighted by Crippen LogP contribution is -2.30. The largest absolute Gasteiger partial charge is 0.422 e. The van der Waals surface area contributed by atoms with E-state index in [1.54, 1.807) is 36.4 Å². The second kappa shape index (κ2) is 6.26. The maximum atomic E-state index is 12.4. The summed E-state index contributed by atoms with van der Waals surface area (Å²) < 4.78 is 5.18. The topological polar surface area (TPSA) is 59.3 Å². The molecule has 0 saturated carbocycles. The minimum Gasteiger partial charge on any atom is -0.422 e. The molecule has 0 fully saturated rings. The molecule has 0 bridgehead atoms. The molecule has 1 atom stereocenters. The van der Waals surface area contributed by atoms with Crippen LogP contribution in [0.5, 0.6) is 0 Å². The average molecular weight is 328 g/mol. The zero-order valence-corrected chi connectivity index (χ0v) is 13.1. The van der Waals surface area contributed by atoms with Crippen LogP contribution in [0.15, 0.2) is 63.8 Å². The molecule has 116 valence electrons. The van der Waals surface area contributed by atoms with E-state index < -0.39 is 11.5 Å². The lowest BCUT2D eigenvalue weighted by atomic mass is 10.1.